The Morgan fingerprint density at radius 3 is 2.26 bits per heavy atom. The number of halogens is 3. The van der Waals surface area contributed by atoms with E-state index in [1.165, 1.54) is 31.3 Å². The molecule has 0 aliphatic rings. The maximum Gasteiger partial charge on any atom is 0.416 e. The first-order valence-electron chi connectivity index (χ1n) is 7.73. The predicted molar refractivity (Wildman–Crippen MR) is 96.5 cm³/mol. The quantitative estimate of drug-likeness (QED) is 0.756. The molecule has 0 fully saturated rings. The molecule has 0 saturated carbocycles. The van der Waals surface area contributed by atoms with E-state index in [1.54, 1.807) is 19.1 Å². The normalized spacial score (nSPS) is 12.3. The molecule has 2 aromatic rings. The Bertz CT molecular complexity index is 966. The number of carbonyl (C=O) groups is 1. The van der Waals surface area contributed by atoms with Gasteiger partial charge in [-0.3, -0.25) is 4.79 Å². The third-order valence-corrected chi connectivity index (χ3v) is 5.24. The molecule has 0 radical (unpaired) electrons. The van der Waals surface area contributed by atoms with E-state index in [0.29, 0.717) is 11.1 Å². The van der Waals surface area contributed by atoms with E-state index in [2.05, 4.69) is 10.0 Å². The average molecular weight is 398 g/mol. The summed E-state index contributed by atoms with van der Waals surface area (Å²) < 4.78 is 63.7. The van der Waals surface area contributed by atoms with Gasteiger partial charge in [-0.05, 0) is 55.4 Å². The monoisotopic (exact) mass is 398 g/mol. The summed E-state index contributed by atoms with van der Waals surface area (Å²) in [5, 5.41) is 2.51. The summed E-state index contributed by atoms with van der Waals surface area (Å²) in [5.41, 5.74) is 0.432. The first-order chi connectivity index (χ1) is 12.5. The van der Waals surface area contributed by atoms with Gasteiger partial charge < -0.3 is 5.32 Å². The highest BCUT2D eigenvalue weighted by atomic mass is 32.2. The van der Waals surface area contributed by atoms with E-state index in [-0.39, 0.29) is 10.6 Å². The summed E-state index contributed by atoms with van der Waals surface area (Å²) in [5.74, 6) is -0.549. The number of anilines is 1. The van der Waals surface area contributed by atoms with Crippen molar-refractivity contribution in [1.29, 1.82) is 0 Å². The maximum atomic E-state index is 12.5. The summed E-state index contributed by atoms with van der Waals surface area (Å²) in [6, 6.07) is 8.77. The van der Waals surface area contributed by atoms with E-state index in [0.717, 1.165) is 18.2 Å². The van der Waals surface area contributed by atoms with Crippen LogP contribution in [0.5, 0.6) is 0 Å². The fourth-order valence-corrected chi connectivity index (χ4v) is 3.21. The molecule has 0 aliphatic heterocycles. The maximum absolute atomic E-state index is 12.5. The van der Waals surface area contributed by atoms with Gasteiger partial charge in [-0.25, -0.2) is 13.1 Å². The molecule has 5 nitrogen and oxygen atoms in total. The Kier molecular flexibility index (Phi) is 6.07. The smallest absolute Gasteiger partial charge is 0.322 e. The van der Waals surface area contributed by atoms with Crippen molar-refractivity contribution < 1.29 is 26.4 Å². The van der Waals surface area contributed by atoms with Crippen molar-refractivity contribution in [2.45, 2.75) is 18.0 Å². The number of hydrogen-bond acceptors (Lipinski definition) is 3. The molecule has 0 bridgehead atoms. The number of sulfonamides is 1. The van der Waals surface area contributed by atoms with Gasteiger partial charge >= 0.3 is 6.18 Å². The summed E-state index contributed by atoms with van der Waals surface area (Å²) in [6.07, 6.45) is -1.92. The van der Waals surface area contributed by atoms with Gasteiger partial charge in [0.1, 0.15) is 0 Å². The second-order valence-electron chi connectivity index (χ2n) is 5.63. The van der Waals surface area contributed by atoms with Crippen molar-refractivity contribution in [3.63, 3.8) is 0 Å². The van der Waals surface area contributed by atoms with Gasteiger partial charge in [0.15, 0.2) is 0 Å². The van der Waals surface area contributed by atoms with Crippen LogP contribution < -0.4 is 10.0 Å². The van der Waals surface area contributed by atoms with Crippen molar-refractivity contribution in [2.75, 3.05) is 12.4 Å². The minimum atomic E-state index is -4.42. The standard InChI is InChI=1S/C18H17F3N2O3S/c1-12-3-9-15(11-16(12)27(25,26)22-2)23-17(24)10-6-13-4-7-14(8-5-13)18(19,20)21/h3-11,22H,1-2H3,(H,23,24)/b10-6+. The minimum absolute atomic E-state index is 0.0366. The summed E-state index contributed by atoms with van der Waals surface area (Å²) in [7, 11) is -2.39. The molecule has 0 saturated heterocycles. The first-order valence-corrected chi connectivity index (χ1v) is 9.22. The van der Waals surface area contributed by atoms with E-state index in [4.69, 9.17) is 0 Å². The van der Waals surface area contributed by atoms with Gasteiger partial charge in [-0.2, -0.15) is 13.2 Å². The van der Waals surface area contributed by atoms with Crippen LogP contribution in [-0.4, -0.2) is 21.4 Å². The molecule has 0 aromatic heterocycles. The number of nitrogens with one attached hydrogen (secondary N) is 2. The van der Waals surface area contributed by atoms with Crippen molar-refractivity contribution in [1.82, 2.24) is 4.72 Å². The molecule has 2 aromatic carbocycles. The van der Waals surface area contributed by atoms with Gasteiger partial charge in [-0.15, -0.1) is 0 Å². The second-order valence-corrected chi connectivity index (χ2v) is 7.49. The zero-order valence-electron chi connectivity index (χ0n) is 14.5. The lowest BCUT2D eigenvalue weighted by molar-refractivity contribution is -0.137. The number of carbonyl (C=O) groups excluding carboxylic acids is 1. The molecular weight excluding hydrogens is 381 g/mol. The molecule has 0 heterocycles. The van der Waals surface area contributed by atoms with Crippen molar-refractivity contribution in [3.8, 4) is 0 Å². The highest BCUT2D eigenvalue weighted by Gasteiger charge is 2.29. The molecule has 0 spiro atoms. The van der Waals surface area contributed by atoms with Crippen molar-refractivity contribution in [3.05, 3.63) is 65.2 Å². The Balaban J connectivity index is 2.12. The van der Waals surface area contributed by atoms with Gasteiger partial charge in [0.05, 0.1) is 10.5 Å². The average Bonchev–Trinajstić information content (AvgIpc) is 2.61. The molecule has 0 aliphatic carbocycles. The SMILES string of the molecule is CNS(=O)(=O)c1cc(NC(=O)/C=C/c2ccc(C(F)(F)F)cc2)ccc1C. The minimum Gasteiger partial charge on any atom is -0.322 e. The summed E-state index contributed by atoms with van der Waals surface area (Å²) in [4.78, 5) is 12.0. The van der Waals surface area contributed by atoms with Crippen molar-refractivity contribution >= 4 is 27.7 Å². The van der Waals surface area contributed by atoms with Crippen LogP contribution in [-0.2, 0) is 21.0 Å². The largest absolute Gasteiger partial charge is 0.416 e. The Hall–Kier alpha value is -2.65. The molecule has 2 N–H and O–H groups in total. The third-order valence-electron chi connectivity index (χ3n) is 3.68. The van der Waals surface area contributed by atoms with Crippen LogP contribution in [0.25, 0.3) is 6.08 Å². The summed E-state index contributed by atoms with van der Waals surface area (Å²) in [6.45, 7) is 1.63. The first kappa shape index (κ1) is 20.7. The van der Waals surface area contributed by atoms with Crippen LogP contribution in [0.3, 0.4) is 0 Å². The zero-order valence-corrected chi connectivity index (χ0v) is 15.3. The van der Waals surface area contributed by atoms with Crippen molar-refractivity contribution in [2.24, 2.45) is 0 Å². The molecule has 0 unspecified atom stereocenters. The second kappa shape index (κ2) is 7.93. The van der Waals surface area contributed by atoms with Crippen LogP contribution in [0.15, 0.2) is 53.4 Å². The fraction of sp³-hybridized carbons (Fsp3) is 0.167. The lowest BCUT2D eigenvalue weighted by Gasteiger charge is -2.09. The number of alkyl halides is 3. The van der Waals surface area contributed by atoms with E-state index >= 15 is 0 Å². The summed E-state index contributed by atoms with van der Waals surface area (Å²) >= 11 is 0. The van der Waals surface area contributed by atoms with E-state index < -0.39 is 27.7 Å². The van der Waals surface area contributed by atoms with Crippen LogP contribution in [0.2, 0.25) is 0 Å². The lowest BCUT2D eigenvalue weighted by Crippen LogP contribution is -2.20. The molecule has 0 atom stereocenters. The molecule has 1 amide bonds. The number of hydrogen-bond donors (Lipinski definition) is 2. The molecule has 2 rings (SSSR count). The number of benzene rings is 2. The van der Waals surface area contributed by atoms with Gasteiger partial charge in [-0.1, -0.05) is 18.2 Å². The van der Waals surface area contributed by atoms with E-state index in [1.807, 2.05) is 0 Å². The fourth-order valence-electron chi connectivity index (χ4n) is 2.22. The topological polar surface area (TPSA) is 75.3 Å². The number of aryl methyl sites for hydroxylation is 1. The van der Waals surface area contributed by atoms with Crippen LogP contribution in [0.4, 0.5) is 18.9 Å². The predicted octanol–water partition coefficient (Wildman–Crippen LogP) is 3.57. The Labute approximate surface area is 155 Å². The molecule has 9 heteroatoms. The number of rotatable bonds is 5. The van der Waals surface area contributed by atoms with Gasteiger partial charge in [0.25, 0.3) is 0 Å². The lowest BCUT2D eigenvalue weighted by atomic mass is 10.1. The van der Waals surface area contributed by atoms with Gasteiger partial charge in [0.2, 0.25) is 15.9 Å². The molecule has 144 valence electrons. The molecular formula is C18H17F3N2O3S. The third kappa shape index (κ3) is 5.41. The highest BCUT2D eigenvalue weighted by molar-refractivity contribution is 7.89. The Morgan fingerprint density at radius 1 is 1.07 bits per heavy atom. The van der Waals surface area contributed by atoms with Crippen LogP contribution >= 0.6 is 0 Å². The van der Waals surface area contributed by atoms with E-state index in [9.17, 15) is 26.4 Å². The Morgan fingerprint density at radius 2 is 1.70 bits per heavy atom. The highest BCUT2D eigenvalue weighted by Crippen LogP contribution is 2.29. The van der Waals surface area contributed by atoms with Crippen LogP contribution in [0, 0.1) is 6.92 Å². The van der Waals surface area contributed by atoms with Gasteiger partial charge in [0, 0.05) is 11.8 Å². The van der Waals surface area contributed by atoms with Crippen LogP contribution in [0.1, 0.15) is 16.7 Å². The number of amides is 1. The molecule has 27 heavy (non-hydrogen) atoms. The zero-order chi connectivity index (χ0) is 20.2.